The van der Waals surface area contributed by atoms with Gasteiger partial charge >= 0.3 is 0 Å². The maximum Gasteiger partial charge on any atom is 0.127 e. The molecule has 1 aromatic heterocycles. The lowest BCUT2D eigenvalue weighted by molar-refractivity contribution is 0.301. The predicted octanol–water partition coefficient (Wildman–Crippen LogP) is 3.08. The van der Waals surface area contributed by atoms with Gasteiger partial charge in [-0.1, -0.05) is 37.3 Å². The van der Waals surface area contributed by atoms with E-state index in [2.05, 4.69) is 29.4 Å². The lowest BCUT2D eigenvalue weighted by Gasteiger charge is -2.12. The van der Waals surface area contributed by atoms with Gasteiger partial charge in [0.15, 0.2) is 0 Å². The molecular weight excluding hydrogens is 236 g/mol. The van der Waals surface area contributed by atoms with Crippen LogP contribution in [0.5, 0.6) is 5.75 Å². The molecule has 1 N–H and O–H groups in total. The van der Waals surface area contributed by atoms with Gasteiger partial charge in [-0.05, 0) is 19.0 Å². The first-order chi connectivity index (χ1) is 9.29. The van der Waals surface area contributed by atoms with E-state index in [4.69, 9.17) is 4.74 Å². The summed E-state index contributed by atoms with van der Waals surface area (Å²) in [7, 11) is 0. The monoisotopic (exact) mass is 256 g/mol. The Morgan fingerprint density at radius 3 is 2.74 bits per heavy atom. The molecule has 0 bridgehead atoms. The minimum Gasteiger partial charge on any atom is -0.488 e. The topological polar surface area (TPSA) is 34.2 Å². The summed E-state index contributed by atoms with van der Waals surface area (Å²) < 4.78 is 5.92. The van der Waals surface area contributed by atoms with Crippen molar-refractivity contribution >= 4 is 0 Å². The van der Waals surface area contributed by atoms with Crippen LogP contribution in [0, 0.1) is 6.92 Å². The van der Waals surface area contributed by atoms with Crippen molar-refractivity contribution in [3.8, 4) is 5.75 Å². The van der Waals surface area contributed by atoms with Gasteiger partial charge in [0.25, 0.3) is 0 Å². The van der Waals surface area contributed by atoms with Gasteiger partial charge < -0.3 is 10.1 Å². The second-order valence-electron chi connectivity index (χ2n) is 4.49. The standard InChI is InChI=1S/C16H20N2O/c1-3-17-10-15-11-18-13(2)9-16(15)19-12-14-7-5-4-6-8-14/h4-9,11,17H,3,10,12H2,1-2H3. The van der Waals surface area contributed by atoms with Crippen molar-refractivity contribution in [1.29, 1.82) is 0 Å². The fraction of sp³-hybridized carbons (Fsp3) is 0.312. The molecule has 0 aliphatic rings. The number of hydrogen-bond acceptors (Lipinski definition) is 3. The van der Waals surface area contributed by atoms with E-state index in [0.717, 1.165) is 30.1 Å². The quantitative estimate of drug-likeness (QED) is 0.862. The summed E-state index contributed by atoms with van der Waals surface area (Å²) in [6, 6.07) is 12.2. The molecule has 19 heavy (non-hydrogen) atoms. The number of pyridine rings is 1. The van der Waals surface area contributed by atoms with Crippen LogP contribution in [0.1, 0.15) is 23.7 Å². The molecule has 0 atom stereocenters. The molecule has 2 rings (SSSR count). The van der Waals surface area contributed by atoms with Gasteiger partial charge in [0.05, 0.1) is 0 Å². The van der Waals surface area contributed by atoms with Gasteiger partial charge in [-0.15, -0.1) is 0 Å². The van der Waals surface area contributed by atoms with Crippen LogP contribution in [-0.2, 0) is 13.2 Å². The lowest BCUT2D eigenvalue weighted by atomic mass is 10.2. The van der Waals surface area contributed by atoms with Gasteiger partial charge in [0.1, 0.15) is 12.4 Å². The molecule has 0 aliphatic heterocycles. The maximum absolute atomic E-state index is 5.92. The Labute approximate surface area is 114 Å². The van der Waals surface area contributed by atoms with E-state index in [-0.39, 0.29) is 0 Å². The van der Waals surface area contributed by atoms with Crippen molar-refractivity contribution in [1.82, 2.24) is 10.3 Å². The average Bonchev–Trinajstić information content (AvgIpc) is 2.45. The molecule has 0 fully saturated rings. The number of nitrogens with zero attached hydrogens (tertiary/aromatic N) is 1. The average molecular weight is 256 g/mol. The predicted molar refractivity (Wildman–Crippen MR) is 77.1 cm³/mol. The van der Waals surface area contributed by atoms with E-state index in [9.17, 15) is 0 Å². The van der Waals surface area contributed by atoms with Crippen LogP contribution in [0.15, 0.2) is 42.6 Å². The molecule has 0 amide bonds. The molecule has 3 nitrogen and oxygen atoms in total. The number of benzene rings is 1. The molecule has 0 unspecified atom stereocenters. The Morgan fingerprint density at radius 1 is 1.21 bits per heavy atom. The van der Waals surface area contributed by atoms with E-state index in [1.807, 2.05) is 37.4 Å². The van der Waals surface area contributed by atoms with Crippen LogP contribution in [0.4, 0.5) is 0 Å². The Bertz CT molecular complexity index is 511. The summed E-state index contributed by atoms with van der Waals surface area (Å²) in [5.41, 5.74) is 3.25. The lowest BCUT2D eigenvalue weighted by Crippen LogP contribution is -2.13. The van der Waals surface area contributed by atoms with Crippen LogP contribution >= 0.6 is 0 Å². The minimum atomic E-state index is 0.587. The van der Waals surface area contributed by atoms with Crippen molar-refractivity contribution in [2.75, 3.05) is 6.54 Å². The SMILES string of the molecule is CCNCc1cnc(C)cc1OCc1ccccc1. The van der Waals surface area contributed by atoms with Crippen LogP contribution in [0.25, 0.3) is 0 Å². The van der Waals surface area contributed by atoms with Gasteiger partial charge in [-0.2, -0.15) is 0 Å². The minimum absolute atomic E-state index is 0.587. The van der Waals surface area contributed by atoms with Crippen molar-refractivity contribution in [2.24, 2.45) is 0 Å². The number of rotatable bonds is 6. The molecule has 100 valence electrons. The summed E-state index contributed by atoms with van der Waals surface area (Å²) in [5, 5.41) is 3.30. The molecule has 0 saturated heterocycles. The molecule has 2 aromatic rings. The fourth-order valence-electron chi connectivity index (χ4n) is 1.83. The van der Waals surface area contributed by atoms with Crippen molar-refractivity contribution < 1.29 is 4.74 Å². The number of aryl methyl sites for hydroxylation is 1. The normalized spacial score (nSPS) is 10.4. The van der Waals surface area contributed by atoms with Crippen LogP contribution in [0.3, 0.4) is 0 Å². The maximum atomic E-state index is 5.92. The van der Waals surface area contributed by atoms with E-state index in [1.165, 1.54) is 5.56 Å². The number of hydrogen-bond donors (Lipinski definition) is 1. The molecular formula is C16H20N2O. The summed E-state index contributed by atoms with van der Waals surface area (Å²) in [6.45, 7) is 6.38. The molecule has 1 aromatic carbocycles. The highest BCUT2D eigenvalue weighted by Crippen LogP contribution is 2.20. The van der Waals surface area contributed by atoms with Crippen LogP contribution < -0.4 is 10.1 Å². The third kappa shape index (κ3) is 4.07. The summed E-state index contributed by atoms with van der Waals surface area (Å²) in [6.07, 6.45) is 1.89. The molecule has 1 heterocycles. The molecule has 0 radical (unpaired) electrons. The Hall–Kier alpha value is -1.87. The highest BCUT2D eigenvalue weighted by molar-refractivity contribution is 5.33. The Balaban J connectivity index is 2.07. The highest BCUT2D eigenvalue weighted by atomic mass is 16.5. The summed E-state index contributed by atoms with van der Waals surface area (Å²) in [4.78, 5) is 4.33. The summed E-state index contributed by atoms with van der Waals surface area (Å²) in [5.74, 6) is 0.914. The van der Waals surface area contributed by atoms with Gasteiger partial charge in [-0.3, -0.25) is 4.98 Å². The van der Waals surface area contributed by atoms with Crippen LogP contribution in [0.2, 0.25) is 0 Å². The Kier molecular flexibility index (Phi) is 4.93. The Morgan fingerprint density at radius 2 is 2.00 bits per heavy atom. The first kappa shape index (κ1) is 13.6. The van der Waals surface area contributed by atoms with E-state index >= 15 is 0 Å². The first-order valence-electron chi connectivity index (χ1n) is 6.62. The zero-order valence-corrected chi connectivity index (χ0v) is 11.5. The van der Waals surface area contributed by atoms with Gasteiger partial charge in [0.2, 0.25) is 0 Å². The van der Waals surface area contributed by atoms with Crippen molar-refractivity contribution in [3.05, 3.63) is 59.4 Å². The largest absolute Gasteiger partial charge is 0.488 e. The molecule has 0 spiro atoms. The number of ether oxygens (including phenoxy) is 1. The zero-order chi connectivity index (χ0) is 13.5. The van der Waals surface area contributed by atoms with Crippen molar-refractivity contribution in [3.63, 3.8) is 0 Å². The molecule has 0 aliphatic carbocycles. The number of nitrogens with one attached hydrogen (secondary N) is 1. The van der Waals surface area contributed by atoms with E-state index in [1.54, 1.807) is 0 Å². The first-order valence-corrected chi connectivity index (χ1v) is 6.62. The van der Waals surface area contributed by atoms with E-state index < -0.39 is 0 Å². The molecule has 0 saturated carbocycles. The smallest absolute Gasteiger partial charge is 0.127 e. The van der Waals surface area contributed by atoms with Crippen molar-refractivity contribution in [2.45, 2.75) is 27.0 Å². The number of aromatic nitrogens is 1. The fourth-order valence-corrected chi connectivity index (χ4v) is 1.83. The second kappa shape index (κ2) is 6.90. The van der Waals surface area contributed by atoms with E-state index in [0.29, 0.717) is 6.61 Å². The third-order valence-corrected chi connectivity index (χ3v) is 2.88. The second-order valence-corrected chi connectivity index (χ2v) is 4.49. The summed E-state index contributed by atoms with van der Waals surface area (Å²) >= 11 is 0. The van der Waals surface area contributed by atoms with Gasteiger partial charge in [-0.25, -0.2) is 0 Å². The highest BCUT2D eigenvalue weighted by Gasteiger charge is 2.05. The van der Waals surface area contributed by atoms with Gasteiger partial charge in [0, 0.05) is 30.1 Å². The molecule has 3 heteroatoms. The van der Waals surface area contributed by atoms with Crippen LogP contribution in [-0.4, -0.2) is 11.5 Å². The third-order valence-electron chi connectivity index (χ3n) is 2.88. The zero-order valence-electron chi connectivity index (χ0n) is 11.5.